The molecule has 114 valence electrons. The summed E-state index contributed by atoms with van der Waals surface area (Å²) < 4.78 is 5.19. The van der Waals surface area contributed by atoms with Gasteiger partial charge in [-0.15, -0.1) is 0 Å². The molecule has 0 aromatic heterocycles. The van der Waals surface area contributed by atoms with Gasteiger partial charge in [0.1, 0.15) is 17.5 Å². The van der Waals surface area contributed by atoms with Crippen LogP contribution in [0.15, 0.2) is 18.2 Å². The molecule has 0 bridgehead atoms. The first-order chi connectivity index (χ1) is 10.2. The van der Waals surface area contributed by atoms with Gasteiger partial charge in [-0.05, 0) is 18.6 Å². The van der Waals surface area contributed by atoms with Crippen LogP contribution in [0.1, 0.15) is 57.4 Å². The fourth-order valence-electron chi connectivity index (χ4n) is 2.19. The first-order valence-electron chi connectivity index (χ1n) is 7.59. The molecule has 0 heterocycles. The minimum atomic E-state index is -0.0634. The summed E-state index contributed by atoms with van der Waals surface area (Å²) in [6.07, 6.45) is 7.35. The Labute approximate surface area is 127 Å². The van der Waals surface area contributed by atoms with Gasteiger partial charge >= 0.3 is 0 Å². The van der Waals surface area contributed by atoms with Gasteiger partial charge in [0.05, 0.1) is 12.7 Å². The van der Waals surface area contributed by atoms with Crippen molar-refractivity contribution in [1.29, 1.82) is 5.26 Å². The fraction of sp³-hybridized carbons (Fsp3) is 0.529. The summed E-state index contributed by atoms with van der Waals surface area (Å²) >= 11 is 0. The number of hydrogen-bond acceptors (Lipinski definition) is 3. The lowest BCUT2D eigenvalue weighted by Gasteiger charge is -2.11. The maximum Gasteiger partial charge on any atom is 0.224 e. The standard InChI is InChI=1S/C17H24N2O2/c1-3-4-5-6-7-8-12-16(20)19-17-14(13-18)10-9-11-15(17)21-2/h9-11H,3-8,12H2,1-2H3,(H,19,20). The van der Waals surface area contributed by atoms with Gasteiger partial charge in [-0.1, -0.05) is 45.1 Å². The highest BCUT2D eigenvalue weighted by Crippen LogP contribution is 2.28. The molecule has 0 spiro atoms. The summed E-state index contributed by atoms with van der Waals surface area (Å²) in [5.41, 5.74) is 0.893. The van der Waals surface area contributed by atoms with E-state index < -0.39 is 0 Å². The molecule has 1 amide bonds. The number of ether oxygens (including phenoxy) is 1. The Hall–Kier alpha value is -2.02. The van der Waals surface area contributed by atoms with Crippen LogP contribution in [0.4, 0.5) is 5.69 Å². The lowest BCUT2D eigenvalue weighted by atomic mass is 10.1. The maximum atomic E-state index is 12.0. The van der Waals surface area contributed by atoms with Gasteiger partial charge in [-0.2, -0.15) is 5.26 Å². The monoisotopic (exact) mass is 288 g/mol. The van der Waals surface area contributed by atoms with Crippen molar-refractivity contribution in [3.63, 3.8) is 0 Å². The van der Waals surface area contributed by atoms with E-state index in [0.717, 1.165) is 12.8 Å². The van der Waals surface area contributed by atoms with E-state index in [4.69, 9.17) is 10.00 Å². The molecule has 1 aromatic carbocycles. The highest BCUT2D eigenvalue weighted by molar-refractivity contribution is 5.93. The Morgan fingerprint density at radius 2 is 1.95 bits per heavy atom. The van der Waals surface area contributed by atoms with Gasteiger partial charge in [0.15, 0.2) is 0 Å². The third-order valence-corrected chi connectivity index (χ3v) is 3.39. The first-order valence-corrected chi connectivity index (χ1v) is 7.59. The zero-order valence-electron chi connectivity index (χ0n) is 12.9. The summed E-state index contributed by atoms with van der Waals surface area (Å²) in [6, 6.07) is 7.22. The van der Waals surface area contributed by atoms with Crippen molar-refractivity contribution in [1.82, 2.24) is 0 Å². The molecular weight excluding hydrogens is 264 g/mol. The molecule has 0 saturated heterocycles. The molecule has 4 nitrogen and oxygen atoms in total. The first kappa shape index (κ1) is 17.0. The minimum absolute atomic E-state index is 0.0634. The second kappa shape index (κ2) is 9.82. The van der Waals surface area contributed by atoms with Crippen LogP contribution in [0.25, 0.3) is 0 Å². The van der Waals surface area contributed by atoms with E-state index in [2.05, 4.69) is 18.3 Å². The van der Waals surface area contributed by atoms with E-state index in [1.807, 2.05) is 0 Å². The molecule has 0 aliphatic carbocycles. The van der Waals surface area contributed by atoms with E-state index in [1.165, 1.54) is 32.8 Å². The maximum absolute atomic E-state index is 12.0. The van der Waals surface area contributed by atoms with Crippen molar-refractivity contribution in [2.45, 2.75) is 51.9 Å². The molecule has 0 aliphatic rings. The smallest absolute Gasteiger partial charge is 0.224 e. The molecule has 4 heteroatoms. The number of carbonyl (C=O) groups excluding carboxylic acids is 1. The van der Waals surface area contributed by atoms with Gasteiger partial charge in [0.2, 0.25) is 5.91 Å². The summed E-state index contributed by atoms with van der Waals surface area (Å²) in [6.45, 7) is 2.19. The quantitative estimate of drug-likeness (QED) is 0.691. The normalized spacial score (nSPS) is 9.95. The van der Waals surface area contributed by atoms with Gasteiger partial charge in [0.25, 0.3) is 0 Å². The number of methoxy groups -OCH3 is 1. The van der Waals surface area contributed by atoms with Crippen LogP contribution >= 0.6 is 0 Å². The average Bonchev–Trinajstić information content (AvgIpc) is 2.51. The van der Waals surface area contributed by atoms with E-state index in [-0.39, 0.29) is 5.91 Å². The summed E-state index contributed by atoms with van der Waals surface area (Å²) in [5, 5.41) is 11.9. The van der Waals surface area contributed by atoms with Crippen molar-refractivity contribution in [3.05, 3.63) is 23.8 Å². The van der Waals surface area contributed by atoms with Crippen LogP contribution in [0, 0.1) is 11.3 Å². The van der Waals surface area contributed by atoms with Gasteiger partial charge < -0.3 is 10.1 Å². The molecule has 0 atom stereocenters. The summed E-state index contributed by atoms with van der Waals surface area (Å²) in [5.74, 6) is 0.455. The Kier molecular flexibility index (Phi) is 7.96. The molecule has 1 N–H and O–H groups in total. The molecule has 0 fully saturated rings. The number of hydrogen-bond donors (Lipinski definition) is 1. The fourth-order valence-corrected chi connectivity index (χ4v) is 2.19. The Morgan fingerprint density at radius 3 is 2.62 bits per heavy atom. The lowest BCUT2D eigenvalue weighted by Crippen LogP contribution is -2.13. The van der Waals surface area contributed by atoms with E-state index in [1.54, 1.807) is 18.2 Å². The summed E-state index contributed by atoms with van der Waals surface area (Å²) in [4.78, 5) is 12.0. The van der Waals surface area contributed by atoms with Crippen LogP contribution in [0.3, 0.4) is 0 Å². The van der Waals surface area contributed by atoms with Crippen LogP contribution in [0.2, 0.25) is 0 Å². The summed E-state index contributed by atoms with van der Waals surface area (Å²) in [7, 11) is 1.53. The average molecular weight is 288 g/mol. The predicted molar refractivity (Wildman–Crippen MR) is 84.3 cm³/mol. The molecule has 0 aliphatic heterocycles. The highest BCUT2D eigenvalue weighted by Gasteiger charge is 2.11. The Balaban J connectivity index is 2.46. The number of carbonyl (C=O) groups is 1. The molecule has 21 heavy (non-hydrogen) atoms. The number of nitriles is 1. The Morgan fingerprint density at radius 1 is 1.24 bits per heavy atom. The number of nitrogens with one attached hydrogen (secondary N) is 1. The molecule has 0 radical (unpaired) electrons. The van der Waals surface area contributed by atoms with E-state index in [9.17, 15) is 4.79 Å². The SMILES string of the molecule is CCCCCCCCC(=O)Nc1c(C#N)cccc1OC. The number of nitrogens with zero attached hydrogens (tertiary/aromatic N) is 1. The van der Waals surface area contributed by atoms with Gasteiger partial charge in [-0.3, -0.25) is 4.79 Å². The molecule has 1 aromatic rings. The zero-order chi connectivity index (χ0) is 15.5. The lowest BCUT2D eigenvalue weighted by molar-refractivity contribution is -0.116. The number of benzene rings is 1. The number of anilines is 1. The zero-order valence-corrected chi connectivity index (χ0v) is 12.9. The second-order valence-corrected chi connectivity index (χ2v) is 5.06. The molecule has 0 unspecified atom stereocenters. The van der Waals surface area contributed by atoms with E-state index >= 15 is 0 Å². The minimum Gasteiger partial charge on any atom is -0.495 e. The van der Waals surface area contributed by atoms with Crippen LogP contribution in [-0.4, -0.2) is 13.0 Å². The van der Waals surface area contributed by atoms with Crippen molar-refractivity contribution in [2.75, 3.05) is 12.4 Å². The third-order valence-electron chi connectivity index (χ3n) is 3.39. The number of rotatable bonds is 9. The van der Waals surface area contributed by atoms with Crippen molar-refractivity contribution in [2.24, 2.45) is 0 Å². The molecule has 1 rings (SSSR count). The number of para-hydroxylation sites is 1. The van der Waals surface area contributed by atoms with Gasteiger partial charge in [-0.25, -0.2) is 0 Å². The number of amides is 1. The van der Waals surface area contributed by atoms with Crippen LogP contribution in [-0.2, 0) is 4.79 Å². The topological polar surface area (TPSA) is 62.1 Å². The predicted octanol–water partition coefficient (Wildman–Crippen LogP) is 4.26. The largest absolute Gasteiger partial charge is 0.495 e. The number of unbranched alkanes of at least 4 members (excludes halogenated alkanes) is 5. The Bertz CT molecular complexity index is 492. The van der Waals surface area contributed by atoms with E-state index in [0.29, 0.717) is 23.4 Å². The van der Waals surface area contributed by atoms with Crippen LogP contribution in [0.5, 0.6) is 5.75 Å². The van der Waals surface area contributed by atoms with Gasteiger partial charge in [0, 0.05) is 6.42 Å². The van der Waals surface area contributed by atoms with Crippen molar-refractivity contribution in [3.8, 4) is 11.8 Å². The molecule has 0 saturated carbocycles. The highest BCUT2D eigenvalue weighted by atomic mass is 16.5. The van der Waals surface area contributed by atoms with Crippen LogP contribution < -0.4 is 10.1 Å². The van der Waals surface area contributed by atoms with Crippen molar-refractivity contribution >= 4 is 11.6 Å². The van der Waals surface area contributed by atoms with Crippen molar-refractivity contribution < 1.29 is 9.53 Å². The second-order valence-electron chi connectivity index (χ2n) is 5.06. The third kappa shape index (κ3) is 5.86. The molecular formula is C17H24N2O2.